The van der Waals surface area contributed by atoms with Gasteiger partial charge >= 0.3 is 0 Å². The molecule has 69 heavy (non-hydrogen) atoms. The lowest BCUT2D eigenvalue weighted by molar-refractivity contribution is -0.120. The molecule has 6 N–H and O–H groups in total. The minimum atomic E-state index is -0.604. The number of rotatable bonds is 14. The number of allylic oxidation sites excluding steroid dienone is 3. The number of nitrogens with zero attached hydrogens (tertiary/aromatic N) is 4. The van der Waals surface area contributed by atoms with Crippen molar-refractivity contribution >= 4 is 47.4 Å². The van der Waals surface area contributed by atoms with Crippen molar-refractivity contribution in [3.63, 3.8) is 0 Å². The highest BCUT2D eigenvalue weighted by atomic mass is 16.5. The van der Waals surface area contributed by atoms with Gasteiger partial charge in [0.05, 0.1) is 34.9 Å². The summed E-state index contributed by atoms with van der Waals surface area (Å²) in [4.78, 5) is 49.3. The Morgan fingerprint density at radius 1 is 0.768 bits per heavy atom. The number of ether oxygens (including phenoxy) is 1. The Morgan fingerprint density at radius 3 is 1.86 bits per heavy atom. The van der Waals surface area contributed by atoms with Gasteiger partial charge in [0.2, 0.25) is 11.8 Å². The SMILES string of the molecule is C=C(/C=C\n1ncc(C(=O)Nc2cc3c(cc2C2CC2)CC(C)(C)C3)c1C)C[C@]1(N)CNC(=O)C1.C=C(/C=C\n1ncc(C(=O)Nc2cc3c(cc2C2CC2)OC(C)(C)C3)c1C)CC1CNC(=O)C1. The minimum absolute atomic E-state index is 0.0280. The number of fused-ring (bicyclic) bond motifs is 2. The molecule has 5 heterocycles. The smallest absolute Gasteiger partial charge is 0.259 e. The molecule has 14 nitrogen and oxygen atoms in total. The van der Waals surface area contributed by atoms with Crippen LogP contribution in [-0.2, 0) is 28.9 Å². The largest absolute Gasteiger partial charge is 0.487 e. The third-order valence-electron chi connectivity index (χ3n) is 14.3. The number of aromatic nitrogens is 4. The summed E-state index contributed by atoms with van der Waals surface area (Å²) in [6.45, 7) is 21.9. The summed E-state index contributed by atoms with van der Waals surface area (Å²) in [6.07, 6.45) is 20.3. The highest BCUT2D eigenvalue weighted by Gasteiger charge is 2.37. The highest BCUT2D eigenvalue weighted by Crippen LogP contribution is 2.49. The van der Waals surface area contributed by atoms with E-state index < -0.39 is 5.54 Å². The number of carbonyl (C=O) groups is 4. The van der Waals surface area contributed by atoms with Crippen molar-refractivity contribution in [3.8, 4) is 5.75 Å². The topological polar surface area (TPSA) is 187 Å². The van der Waals surface area contributed by atoms with Gasteiger partial charge < -0.3 is 31.7 Å². The second kappa shape index (κ2) is 18.4. The van der Waals surface area contributed by atoms with Gasteiger partial charge in [-0.2, -0.15) is 10.2 Å². The highest BCUT2D eigenvalue weighted by molar-refractivity contribution is 6.06. The fourth-order valence-electron chi connectivity index (χ4n) is 10.4. The molecular formula is C55H67N9O5. The normalized spacial score (nSPS) is 21.9. The van der Waals surface area contributed by atoms with Crippen LogP contribution in [0.5, 0.6) is 5.75 Å². The van der Waals surface area contributed by atoms with Crippen molar-refractivity contribution in [2.75, 3.05) is 23.7 Å². The summed E-state index contributed by atoms with van der Waals surface area (Å²) >= 11 is 0. The van der Waals surface area contributed by atoms with Gasteiger partial charge in [-0.05, 0) is 155 Å². The van der Waals surface area contributed by atoms with Gasteiger partial charge in [-0.25, -0.2) is 9.36 Å². The van der Waals surface area contributed by atoms with Crippen molar-refractivity contribution in [1.82, 2.24) is 30.2 Å². The maximum Gasteiger partial charge on any atom is 0.259 e. The fourth-order valence-corrected chi connectivity index (χ4v) is 10.4. The number of benzene rings is 2. The number of carbonyl (C=O) groups excluding carboxylic acids is 4. The van der Waals surface area contributed by atoms with E-state index in [1.807, 2.05) is 32.2 Å². The van der Waals surface area contributed by atoms with Crippen LogP contribution in [0.25, 0.3) is 12.4 Å². The molecule has 0 radical (unpaired) electrons. The zero-order chi connectivity index (χ0) is 49.0. The minimum Gasteiger partial charge on any atom is -0.487 e. The quantitative estimate of drug-likeness (QED) is 0.0777. The molecule has 3 aliphatic heterocycles. The van der Waals surface area contributed by atoms with E-state index in [1.54, 1.807) is 28.0 Å². The van der Waals surface area contributed by atoms with Gasteiger partial charge in [-0.15, -0.1) is 0 Å². The average molecular weight is 934 g/mol. The monoisotopic (exact) mass is 934 g/mol. The van der Waals surface area contributed by atoms with Crippen molar-refractivity contribution in [2.45, 2.75) is 135 Å². The van der Waals surface area contributed by atoms with Gasteiger partial charge in [-0.3, -0.25) is 19.2 Å². The van der Waals surface area contributed by atoms with Crippen LogP contribution in [0.3, 0.4) is 0 Å². The number of nitrogens with one attached hydrogen (secondary N) is 4. The first kappa shape index (κ1) is 47.5. The number of nitrogens with two attached hydrogens (primary N) is 1. The number of anilines is 2. The first-order valence-electron chi connectivity index (χ1n) is 24.5. The van der Waals surface area contributed by atoms with Gasteiger partial charge in [0.1, 0.15) is 11.4 Å². The maximum atomic E-state index is 13.3. The third-order valence-corrected chi connectivity index (χ3v) is 14.3. The molecule has 2 atom stereocenters. The van der Waals surface area contributed by atoms with Crippen molar-refractivity contribution in [2.24, 2.45) is 17.1 Å². The Morgan fingerprint density at radius 2 is 1.32 bits per heavy atom. The molecule has 0 bridgehead atoms. The lowest BCUT2D eigenvalue weighted by Gasteiger charge is -2.21. The molecule has 362 valence electrons. The molecule has 14 heteroatoms. The van der Waals surface area contributed by atoms with Crippen LogP contribution in [-0.4, -0.2) is 67.4 Å². The summed E-state index contributed by atoms with van der Waals surface area (Å²) in [5.41, 5.74) is 18.2. The first-order chi connectivity index (χ1) is 32.7. The summed E-state index contributed by atoms with van der Waals surface area (Å²) in [7, 11) is 0. The number of amides is 4. The Labute approximate surface area is 405 Å². The van der Waals surface area contributed by atoms with Gasteiger partial charge in [0, 0.05) is 67.2 Å². The molecule has 2 aromatic heterocycles. The fraction of sp³-hybridized carbons (Fsp3) is 0.455. The van der Waals surface area contributed by atoms with E-state index in [0.717, 1.165) is 89.3 Å². The second-order valence-corrected chi connectivity index (χ2v) is 22.0. The summed E-state index contributed by atoms with van der Waals surface area (Å²) < 4.78 is 9.48. The predicted molar refractivity (Wildman–Crippen MR) is 270 cm³/mol. The van der Waals surface area contributed by atoms with E-state index in [1.165, 1.54) is 29.5 Å². The Hall–Kier alpha value is -6.54. The van der Waals surface area contributed by atoms with Crippen LogP contribution >= 0.6 is 0 Å². The van der Waals surface area contributed by atoms with Crippen molar-refractivity contribution in [3.05, 3.63) is 123 Å². The van der Waals surface area contributed by atoms with Gasteiger partial charge in [-0.1, -0.05) is 44.2 Å². The summed E-state index contributed by atoms with van der Waals surface area (Å²) in [5, 5.41) is 20.7. The van der Waals surface area contributed by atoms with Gasteiger partial charge in [0.25, 0.3) is 11.8 Å². The standard InChI is InChI=1S/C28H35N5O2.C27H32N4O3/c1-17(11-28(29)14-25(34)30-16-28)7-8-33-18(2)23(15-31-33)26(35)32-24-10-21-13-27(3,4)12-20(21)9-22(24)19-5-6-19;1-16(9-18-10-25(32)28-14-18)7-8-31-17(2)22(15-29-31)26(33)30-23-11-20-13-27(3,4)34-24(20)12-21(23)19-5-6-19/h7-10,15,19H,1,5-6,11-14,16,29H2,2-4H3,(H,30,34)(H,32,35);7-8,11-12,15,18-19H,1,5-6,9-10,13-14H2,2-4H3,(H,28,32)(H,30,33)/b2*8-7-/t28-;/m1./s1. The molecule has 10 rings (SSSR count). The lowest BCUT2D eigenvalue weighted by atomic mass is 9.90. The molecule has 2 saturated heterocycles. The average Bonchev–Trinajstić information content (AvgIpc) is 4.07. The van der Waals surface area contributed by atoms with E-state index in [0.29, 0.717) is 55.3 Å². The van der Waals surface area contributed by atoms with E-state index >= 15 is 0 Å². The second-order valence-electron chi connectivity index (χ2n) is 22.0. The molecule has 4 fully saturated rings. The van der Waals surface area contributed by atoms with Crippen molar-refractivity contribution in [1.29, 1.82) is 0 Å². The summed E-state index contributed by atoms with van der Waals surface area (Å²) in [6, 6.07) is 8.74. The molecule has 6 aliphatic rings. The molecule has 4 amide bonds. The lowest BCUT2D eigenvalue weighted by Crippen LogP contribution is -2.41. The maximum absolute atomic E-state index is 13.3. The van der Waals surface area contributed by atoms with E-state index in [4.69, 9.17) is 10.5 Å². The molecular weight excluding hydrogens is 867 g/mol. The molecule has 3 aliphatic carbocycles. The van der Waals surface area contributed by atoms with E-state index in [9.17, 15) is 19.2 Å². The number of hydrogen-bond donors (Lipinski definition) is 5. The van der Waals surface area contributed by atoms with E-state index in [2.05, 4.69) is 96.6 Å². The van der Waals surface area contributed by atoms with Crippen LogP contribution in [0.4, 0.5) is 11.4 Å². The van der Waals surface area contributed by atoms with Crippen LogP contribution in [0, 0.1) is 25.2 Å². The van der Waals surface area contributed by atoms with Crippen LogP contribution in [0.2, 0.25) is 0 Å². The molecule has 1 unspecified atom stereocenters. The Kier molecular flexibility index (Phi) is 12.7. The zero-order valence-electron chi connectivity index (χ0n) is 41.0. The molecule has 4 aromatic rings. The molecule has 2 aromatic carbocycles. The van der Waals surface area contributed by atoms with Crippen LogP contribution < -0.4 is 31.7 Å². The Balaban J connectivity index is 0.000000172. The van der Waals surface area contributed by atoms with Crippen LogP contribution in [0.15, 0.2) is 73.1 Å². The van der Waals surface area contributed by atoms with Crippen LogP contribution in [0.1, 0.15) is 151 Å². The zero-order valence-corrected chi connectivity index (χ0v) is 41.0. The van der Waals surface area contributed by atoms with Crippen molar-refractivity contribution < 1.29 is 23.9 Å². The third kappa shape index (κ3) is 11.0. The first-order valence-corrected chi connectivity index (χ1v) is 24.5. The van der Waals surface area contributed by atoms with Gasteiger partial charge in [0.15, 0.2) is 0 Å². The predicted octanol–water partition coefficient (Wildman–Crippen LogP) is 8.67. The van der Waals surface area contributed by atoms with E-state index in [-0.39, 0.29) is 40.6 Å². The molecule has 0 spiro atoms. The Bertz CT molecular complexity index is 2830. The summed E-state index contributed by atoms with van der Waals surface area (Å²) in [5.74, 6) is 2.03. The molecule has 2 saturated carbocycles. The number of hydrogen-bond acceptors (Lipinski definition) is 8.